The molecule has 0 unspecified atom stereocenters. The van der Waals surface area contributed by atoms with E-state index in [9.17, 15) is 18.0 Å². The van der Waals surface area contributed by atoms with Crippen molar-refractivity contribution in [2.75, 3.05) is 5.32 Å². The number of halogens is 1. The van der Waals surface area contributed by atoms with E-state index < -0.39 is 21.7 Å². The number of nitrogens with two attached hydrogens (primary N) is 1. The fourth-order valence-corrected chi connectivity index (χ4v) is 3.16. The predicted molar refractivity (Wildman–Crippen MR) is 96.5 cm³/mol. The van der Waals surface area contributed by atoms with Gasteiger partial charge in [0.25, 0.3) is 0 Å². The van der Waals surface area contributed by atoms with E-state index in [-0.39, 0.29) is 23.5 Å². The number of carbonyl (C=O) groups excluding carboxylic acids is 1. The number of fused-ring (bicyclic) bond motifs is 1. The van der Waals surface area contributed by atoms with Gasteiger partial charge in [0, 0.05) is 29.7 Å². The number of oxazole rings is 1. The molecule has 0 atom stereocenters. The summed E-state index contributed by atoms with van der Waals surface area (Å²) in [5.74, 6) is -0.988. The molecule has 136 valence electrons. The maximum Gasteiger partial charge on any atom is 0.419 e. The van der Waals surface area contributed by atoms with Crippen LogP contribution >= 0.6 is 11.6 Å². The largest absolute Gasteiger partial charge is 0.419 e. The summed E-state index contributed by atoms with van der Waals surface area (Å²) < 4.78 is 29.1. The Morgan fingerprint density at radius 3 is 2.73 bits per heavy atom. The number of aryl methyl sites for hydroxylation is 1. The second-order valence-corrected chi connectivity index (χ2v) is 7.50. The third-order valence-corrected chi connectivity index (χ3v) is 4.79. The van der Waals surface area contributed by atoms with Crippen LogP contribution in [0.2, 0.25) is 5.02 Å². The number of benzene rings is 2. The van der Waals surface area contributed by atoms with E-state index in [1.807, 2.05) is 0 Å². The van der Waals surface area contributed by atoms with Crippen molar-refractivity contribution < 1.29 is 17.6 Å². The Bertz CT molecular complexity index is 1150. The van der Waals surface area contributed by atoms with Gasteiger partial charge in [0.05, 0.1) is 10.4 Å². The van der Waals surface area contributed by atoms with E-state index in [4.69, 9.17) is 21.2 Å². The number of sulfonamides is 1. The van der Waals surface area contributed by atoms with Gasteiger partial charge in [0.1, 0.15) is 0 Å². The first-order valence-electron chi connectivity index (χ1n) is 7.46. The van der Waals surface area contributed by atoms with Crippen molar-refractivity contribution in [1.29, 1.82) is 0 Å². The molecule has 0 aliphatic carbocycles. The summed E-state index contributed by atoms with van der Waals surface area (Å²) in [4.78, 5) is 23.9. The summed E-state index contributed by atoms with van der Waals surface area (Å²) in [5.41, 5.74) is 1.16. The molecule has 0 spiro atoms. The first kappa shape index (κ1) is 18.2. The molecular weight excluding hydrogens is 382 g/mol. The van der Waals surface area contributed by atoms with Crippen LogP contribution in [0.3, 0.4) is 0 Å². The van der Waals surface area contributed by atoms with Gasteiger partial charge in [-0.15, -0.1) is 0 Å². The summed E-state index contributed by atoms with van der Waals surface area (Å²) >= 11 is 5.86. The monoisotopic (exact) mass is 395 g/mol. The molecule has 0 aliphatic heterocycles. The molecule has 3 aromatic rings. The molecule has 1 amide bonds. The number of hydrogen-bond acceptors (Lipinski definition) is 5. The Morgan fingerprint density at radius 2 is 2.00 bits per heavy atom. The SMILES string of the molecule is NS(=O)(=O)c1cccc(NC(=O)CCn2c(=O)oc3cc(Cl)ccc32)c1. The van der Waals surface area contributed by atoms with E-state index in [1.54, 1.807) is 12.1 Å². The smallest absolute Gasteiger partial charge is 0.408 e. The summed E-state index contributed by atoms with van der Waals surface area (Å²) in [6.07, 6.45) is -0.0171. The maximum absolute atomic E-state index is 12.1. The van der Waals surface area contributed by atoms with Crippen molar-refractivity contribution in [2.45, 2.75) is 17.9 Å². The van der Waals surface area contributed by atoms with Crippen LogP contribution in [-0.2, 0) is 21.4 Å². The van der Waals surface area contributed by atoms with Crippen LogP contribution in [0.1, 0.15) is 6.42 Å². The zero-order chi connectivity index (χ0) is 18.9. The van der Waals surface area contributed by atoms with Gasteiger partial charge < -0.3 is 9.73 Å². The van der Waals surface area contributed by atoms with Gasteiger partial charge in [-0.3, -0.25) is 9.36 Å². The number of primary sulfonamides is 1. The topological polar surface area (TPSA) is 124 Å². The van der Waals surface area contributed by atoms with E-state index in [0.717, 1.165) is 0 Å². The van der Waals surface area contributed by atoms with Crippen LogP contribution in [0.5, 0.6) is 0 Å². The molecule has 10 heteroatoms. The highest BCUT2D eigenvalue weighted by Gasteiger charge is 2.13. The summed E-state index contributed by atoms with van der Waals surface area (Å²) in [6.45, 7) is 0.0914. The van der Waals surface area contributed by atoms with E-state index in [2.05, 4.69) is 5.32 Å². The predicted octanol–water partition coefficient (Wildman–Crippen LogP) is 1.92. The number of nitrogens with zero attached hydrogens (tertiary/aromatic N) is 1. The van der Waals surface area contributed by atoms with Crippen molar-refractivity contribution in [3.8, 4) is 0 Å². The van der Waals surface area contributed by atoms with Crippen molar-refractivity contribution in [3.05, 3.63) is 58.0 Å². The lowest BCUT2D eigenvalue weighted by Crippen LogP contribution is -2.20. The Hall–Kier alpha value is -2.62. The molecule has 26 heavy (non-hydrogen) atoms. The highest BCUT2D eigenvalue weighted by Crippen LogP contribution is 2.19. The molecule has 8 nitrogen and oxygen atoms in total. The quantitative estimate of drug-likeness (QED) is 0.682. The Balaban J connectivity index is 1.72. The van der Waals surface area contributed by atoms with Crippen LogP contribution in [0.25, 0.3) is 11.1 Å². The molecule has 0 saturated heterocycles. The van der Waals surface area contributed by atoms with Crippen molar-refractivity contribution in [2.24, 2.45) is 5.14 Å². The standard InChI is InChI=1S/C16H14ClN3O5S/c17-10-4-5-13-14(8-10)25-16(22)20(13)7-6-15(21)19-11-2-1-3-12(9-11)26(18,23)24/h1-5,8-9H,6-7H2,(H,19,21)(H2,18,23,24). The number of nitrogens with one attached hydrogen (secondary N) is 1. The van der Waals surface area contributed by atoms with Crippen LogP contribution in [0, 0.1) is 0 Å². The number of rotatable bonds is 5. The van der Waals surface area contributed by atoms with Gasteiger partial charge in [-0.2, -0.15) is 0 Å². The van der Waals surface area contributed by atoms with Gasteiger partial charge in [0.2, 0.25) is 15.9 Å². The highest BCUT2D eigenvalue weighted by atomic mass is 35.5. The Morgan fingerprint density at radius 1 is 1.23 bits per heavy atom. The molecule has 0 saturated carbocycles. The minimum Gasteiger partial charge on any atom is -0.408 e. The molecule has 0 fully saturated rings. The number of anilines is 1. The molecule has 3 rings (SSSR count). The van der Waals surface area contributed by atoms with Gasteiger partial charge in [-0.05, 0) is 30.3 Å². The summed E-state index contributed by atoms with van der Waals surface area (Å²) in [7, 11) is -3.86. The molecule has 0 bridgehead atoms. The second kappa shape index (κ2) is 6.94. The number of amides is 1. The normalized spacial score (nSPS) is 11.6. The van der Waals surface area contributed by atoms with Gasteiger partial charge in [-0.25, -0.2) is 18.4 Å². The highest BCUT2D eigenvalue weighted by molar-refractivity contribution is 7.89. The molecule has 2 aromatic carbocycles. The lowest BCUT2D eigenvalue weighted by atomic mass is 10.3. The van der Waals surface area contributed by atoms with Gasteiger partial charge in [0.15, 0.2) is 5.58 Å². The Kier molecular flexibility index (Phi) is 4.86. The van der Waals surface area contributed by atoms with Crippen molar-refractivity contribution in [1.82, 2.24) is 4.57 Å². The number of hydrogen-bond donors (Lipinski definition) is 2. The molecule has 1 aromatic heterocycles. The van der Waals surface area contributed by atoms with E-state index in [0.29, 0.717) is 16.1 Å². The Labute approximate surface area is 153 Å². The molecule has 1 heterocycles. The van der Waals surface area contributed by atoms with Crippen LogP contribution in [-0.4, -0.2) is 18.9 Å². The molecule has 0 radical (unpaired) electrons. The fraction of sp³-hybridized carbons (Fsp3) is 0.125. The zero-order valence-electron chi connectivity index (χ0n) is 13.3. The number of aromatic nitrogens is 1. The maximum atomic E-state index is 12.1. The lowest BCUT2D eigenvalue weighted by molar-refractivity contribution is -0.116. The minimum atomic E-state index is -3.86. The van der Waals surface area contributed by atoms with Crippen LogP contribution < -0.4 is 16.2 Å². The number of carbonyl (C=O) groups is 1. The minimum absolute atomic E-state index is 0.0171. The molecule has 0 aliphatic rings. The first-order valence-corrected chi connectivity index (χ1v) is 9.38. The third-order valence-electron chi connectivity index (χ3n) is 3.64. The summed E-state index contributed by atoms with van der Waals surface area (Å²) in [5, 5.41) is 8.06. The molecule has 3 N–H and O–H groups in total. The fourth-order valence-electron chi connectivity index (χ4n) is 2.44. The second-order valence-electron chi connectivity index (χ2n) is 5.50. The van der Waals surface area contributed by atoms with Gasteiger partial charge >= 0.3 is 5.76 Å². The zero-order valence-corrected chi connectivity index (χ0v) is 14.9. The lowest BCUT2D eigenvalue weighted by Gasteiger charge is -2.07. The van der Waals surface area contributed by atoms with Crippen molar-refractivity contribution in [3.63, 3.8) is 0 Å². The van der Waals surface area contributed by atoms with Gasteiger partial charge in [-0.1, -0.05) is 17.7 Å². The van der Waals surface area contributed by atoms with Crippen LogP contribution in [0.15, 0.2) is 56.6 Å². The average Bonchev–Trinajstić information content (AvgIpc) is 2.86. The van der Waals surface area contributed by atoms with E-state index in [1.165, 1.54) is 34.9 Å². The van der Waals surface area contributed by atoms with Crippen LogP contribution in [0.4, 0.5) is 5.69 Å². The first-order chi connectivity index (χ1) is 12.2. The summed E-state index contributed by atoms with van der Waals surface area (Å²) in [6, 6.07) is 10.4. The third kappa shape index (κ3) is 3.96. The van der Waals surface area contributed by atoms with E-state index >= 15 is 0 Å². The van der Waals surface area contributed by atoms with Crippen molar-refractivity contribution >= 4 is 44.3 Å². The average molecular weight is 396 g/mol. The molecular formula is C16H14ClN3O5S.